The lowest BCUT2D eigenvalue weighted by Crippen LogP contribution is -1.96. The minimum atomic E-state index is 0.480. The minimum absolute atomic E-state index is 0.480. The minimum Gasteiger partial charge on any atom is -0.248 e. The molecule has 2 rings (SSSR count). The van der Waals surface area contributed by atoms with E-state index in [2.05, 4.69) is 37.8 Å². The standard InChI is InChI=1S/C12H11BrClN3S/c1-2-3-10-16-9(14)6-12(17-10)18-11-5-4-8(13)7-15-11/h4-7H,2-3H2,1H3. The molecule has 2 aromatic heterocycles. The van der Waals surface area contributed by atoms with Crippen LogP contribution in [0.2, 0.25) is 5.15 Å². The van der Waals surface area contributed by atoms with Crippen molar-refractivity contribution in [3.8, 4) is 0 Å². The lowest BCUT2D eigenvalue weighted by molar-refractivity contribution is 0.809. The molecule has 0 bridgehead atoms. The third kappa shape index (κ3) is 3.93. The van der Waals surface area contributed by atoms with Crippen LogP contribution in [-0.4, -0.2) is 15.0 Å². The molecule has 0 N–H and O–H groups in total. The van der Waals surface area contributed by atoms with Gasteiger partial charge in [-0.15, -0.1) is 0 Å². The summed E-state index contributed by atoms with van der Waals surface area (Å²) in [7, 11) is 0. The Balaban J connectivity index is 2.20. The summed E-state index contributed by atoms with van der Waals surface area (Å²) in [4.78, 5) is 12.9. The fourth-order valence-electron chi connectivity index (χ4n) is 1.36. The molecule has 0 aliphatic carbocycles. The van der Waals surface area contributed by atoms with Gasteiger partial charge in [0.2, 0.25) is 0 Å². The molecule has 0 saturated carbocycles. The van der Waals surface area contributed by atoms with E-state index in [-0.39, 0.29) is 0 Å². The first kappa shape index (κ1) is 13.8. The number of pyridine rings is 1. The van der Waals surface area contributed by atoms with Crippen molar-refractivity contribution in [2.45, 2.75) is 29.8 Å². The molecule has 0 aliphatic heterocycles. The Morgan fingerprint density at radius 1 is 1.28 bits per heavy atom. The summed E-state index contributed by atoms with van der Waals surface area (Å²) in [5, 5.41) is 2.19. The Kier molecular flexibility index (Phi) is 4.97. The fraction of sp³-hybridized carbons (Fsp3) is 0.250. The van der Waals surface area contributed by atoms with E-state index in [9.17, 15) is 0 Å². The average Bonchev–Trinajstić information content (AvgIpc) is 2.32. The van der Waals surface area contributed by atoms with E-state index in [1.165, 1.54) is 11.8 Å². The molecule has 0 amide bonds. The van der Waals surface area contributed by atoms with Crippen molar-refractivity contribution in [2.24, 2.45) is 0 Å². The van der Waals surface area contributed by atoms with Crippen LogP contribution in [0.5, 0.6) is 0 Å². The summed E-state index contributed by atoms with van der Waals surface area (Å²) >= 11 is 10.8. The van der Waals surface area contributed by atoms with Gasteiger partial charge in [0.15, 0.2) is 0 Å². The number of hydrogen-bond acceptors (Lipinski definition) is 4. The van der Waals surface area contributed by atoms with Gasteiger partial charge in [-0.25, -0.2) is 15.0 Å². The third-order valence-electron chi connectivity index (χ3n) is 2.10. The van der Waals surface area contributed by atoms with Crippen LogP contribution < -0.4 is 0 Å². The predicted octanol–water partition coefficient (Wildman–Crippen LogP) is 4.39. The lowest BCUT2D eigenvalue weighted by atomic mass is 10.3. The number of rotatable bonds is 4. The highest BCUT2D eigenvalue weighted by Gasteiger charge is 2.05. The summed E-state index contributed by atoms with van der Waals surface area (Å²) < 4.78 is 0.958. The van der Waals surface area contributed by atoms with Crippen LogP contribution in [0.3, 0.4) is 0 Å². The molecule has 0 aromatic carbocycles. The van der Waals surface area contributed by atoms with Crippen molar-refractivity contribution in [1.82, 2.24) is 15.0 Å². The van der Waals surface area contributed by atoms with E-state index in [0.717, 1.165) is 33.2 Å². The second-order valence-corrected chi connectivity index (χ2v) is 5.96. The van der Waals surface area contributed by atoms with Crippen molar-refractivity contribution in [1.29, 1.82) is 0 Å². The van der Waals surface area contributed by atoms with E-state index >= 15 is 0 Å². The van der Waals surface area contributed by atoms with Gasteiger partial charge in [0.1, 0.15) is 21.0 Å². The molecule has 0 radical (unpaired) electrons. The summed E-state index contributed by atoms with van der Waals surface area (Å²) in [6, 6.07) is 5.64. The van der Waals surface area contributed by atoms with E-state index in [4.69, 9.17) is 11.6 Å². The van der Waals surface area contributed by atoms with Gasteiger partial charge in [-0.2, -0.15) is 0 Å². The summed E-state index contributed by atoms with van der Waals surface area (Å²) in [6.07, 6.45) is 3.60. The molecule has 94 valence electrons. The zero-order valence-electron chi connectivity index (χ0n) is 9.73. The van der Waals surface area contributed by atoms with E-state index in [1.54, 1.807) is 12.3 Å². The smallest absolute Gasteiger partial charge is 0.133 e. The zero-order valence-corrected chi connectivity index (χ0v) is 12.9. The summed E-state index contributed by atoms with van der Waals surface area (Å²) in [5.74, 6) is 0.782. The number of nitrogens with zero attached hydrogens (tertiary/aromatic N) is 3. The topological polar surface area (TPSA) is 38.7 Å². The monoisotopic (exact) mass is 343 g/mol. The van der Waals surface area contributed by atoms with Gasteiger partial charge >= 0.3 is 0 Å². The summed E-state index contributed by atoms with van der Waals surface area (Å²) in [5.41, 5.74) is 0. The van der Waals surface area contributed by atoms with Gasteiger partial charge in [-0.3, -0.25) is 0 Å². The maximum absolute atomic E-state index is 5.98. The molecule has 0 spiro atoms. The first-order chi connectivity index (χ1) is 8.67. The van der Waals surface area contributed by atoms with Gasteiger partial charge < -0.3 is 0 Å². The largest absolute Gasteiger partial charge is 0.248 e. The second-order valence-electron chi connectivity index (χ2n) is 3.61. The first-order valence-corrected chi connectivity index (χ1v) is 7.49. The molecule has 2 heterocycles. The maximum atomic E-state index is 5.98. The van der Waals surface area contributed by atoms with Crippen LogP contribution in [0.1, 0.15) is 19.2 Å². The van der Waals surface area contributed by atoms with Crippen LogP contribution >= 0.6 is 39.3 Å². The SMILES string of the molecule is CCCc1nc(Cl)cc(Sc2ccc(Br)cn2)n1. The normalized spacial score (nSPS) is 10.6. The van der Waals surface area contributed by atoms with Crippen molar-refractivity contribution in [3.05, 3.63) is 39.8 Å². The predicted molar refractivity (Wildman–Crippen MR) is 77.1 cm³/mol. The number of aryl methyl sites for hydroxylation is 1. The molecule has 0 unspecified atom stereocenters. The fourth-order valence-corrected chi connectivity index (χ4v) is 2.64. The highest BCUT2D eigenvalue weighted by molar-refractivity contribution is 9.10. The zero-order chi connectivity index (χ0) is 13.0. The van der Waals surface area contributed by atoms with Crippen LogP contribution in [0, 0.1) is 0 Å². The lowest BCUT2D eigenvalue weighted by Gasteiger charge is -2.03. The quantitative estimate of drug-likeness (QED) is 0.771. The highest BCUT2D eigenvalue weighted by Crippen LogP contribution is 2.26. The van der Waals surface area contributed by atoms with Crippen molar-refractivity contribution < 1.29 is 0 Å². The Labute approximate surface area is 124 Å². The Morgan fingerprint density at radius 2 is 2.11 bits per heavy atom. The molecule has 0 aliphatic rings. The van der Waals surface area contributed by atoms with E-state index in [0.29, 0.717) is 5.15 Å². The Bertz CT molecular complexity index is 533. The van der Waals surface area contributed by atoms with Crippen LogP contribution in [0.15, 0.2) is 38.9 Å². The van der Waals surface area contributed by atoms with Gasteiger partial charge in [0, 0.05) is 23.2 Å². The molecule has 0 saturated heterocycles. The first-order valence-electron chi connectivity index (χ1n) is 5.50. The number of hydrogen-bond donors (Lipinski definition) is 0. The molecule has 0 fully saturated rings. The highest BCUT2D eigenvalue weighted by atomic mass is 79.9. The van der Waals surface area contributed by atoms with Gasteiger partial charge in [0.05, 0.1) is 0 Å². The van der Waals surface area contributed by atoms with Crippen molar-refractivity contribution >= 4 is 39.3 Å². The average molecular weight is 345 g/mol. The van der Waals surface area contributed by atoms with Gasteiger partial charge in [0.25, 0.3) is 0 Å². The van der Waals surface area contributed by atoms with Crippen LogP contribution in [0.4, 0.5) is 0 Å². The van der Waals surface area contributed by atoms with Crippen molar-refractivity contribution in [2.75, 3.05) is 0 Å². The van der Waals surface area contributed by atoms with Crippen LogP contribution in [-0.2, 0) is 6.42 Å². The molecular formula is C12H11BrClN3S. The van der Waals surface area contributed by atoms with Gasteiger partial charge in [-0.1, -0.05) is 18.5 Å². The van der Waals surface area contributed by atoms with E-state index < -0.39 is 0 Å². The van der Waals surface area contributed by atoms with E-state index in [1.807, 2.05) is 12.1 Å². The maximum Gasteiger partial charge on any atom is 0.133 e. The molecule has 18 heavy (non-hydrogen) atoms. The number of aromatic nitrogens is 3. The molecule has 3 nitrogen and oxygen atoms in total. The van der Waals surface area contributed by atoms with Crippen LogP contribution in [0.25, 0.3) is 0 Å². The Hall–Kier alpha value is -0.650. The number of halogens is 2. The second kappa shape index (κ2) is 6.50. The van der Waals surface area contributed by atoms with Gasteiger partial charge in [-0.05, 0) is 46.2 Å². The van der Waals surface area contributed by atoms with Crippen molar-refractivity contribution in [3.63, 3.8) is 0 Å². The Morgan fingerprint density at radius 3 is 2.78 bits per heavy atom. The molecule has 6 heteroatoms. The third-order valence-corrected chi connectivity index (χ3v) is 3.63. The molecule has 0 atom stereocenters. The molecule has 2 aromatic rings. The summed E-state index contributed by atoms with van der Waals surface area (Å²) in [6.45, 7) is 2.09. The molecular weight excluding hydrogens is 334 g/mol.